The van der Waals surface area contributed by atoms with Crippen molar-refractivity contribution in [3.05, 3.63) is 23.8 Å². The number of fused-ring (bicyclic) bond motifs is 1. The standard InChI is InChI=1S/C12H12F3NO3S/c1-11(2)6-20(18,19)9-5-7(12(13,14)15)3-4-8(9)16-10(11)17/h3-5H,6H2,1-2H3,(H,16,17). The van der Waals surface area contributed by atoms with Crippen LogP contribution in [0.25, 0.3) is 0 Å². The highest BCUT2D eigenvalue weighted by Crippen LogP contribution is 2.37. The quantitative estimate of drug-likeness (QED) is 0.801. The van der Waals surface area contributed by atoms with Gasteiger partial charge >= 0.3 is 6.18 Å². The van der Waals surface area contributed by atoms with Crippen LogP contribution in [0.5, 0.6) is 0 Å². The van der Waals surface area contributed by atoms with Gasteiger partial charge in [0, 0.05) is 0 Å². The van der Waals surface area contributed by atoms with Crippen LogP contribution in [0.1, 0.15) is 19.4 Å². The maximum atomic E-state index is 12.7. The number of carbonyl (C=O) groups is 1. The van der Waals surface area contributed by atoms with Gasteiger partial charge in [0.15, 0.2) is 9.84 Å². The van der Waals surface area contributed by atoms with Gasteiger partial charge in [-0.1, -0.05) is 13.8 Å². The summed E-state index contributed by atoms with van der Waals surface area (Å²) in [5.41, 5.74) is -2.39. The van der Waals surface area contributed by atoms with Crippen LogP contribution in [0.4, 0.5) is 18.9 Å². The van der Waals surface area contributed by atoms with Crippen molar-refractivity contribution in [3.8, 4) is 0 Å². The number of nitrogens with one attached hydrogen (secondary N) is 1. The second kappa shape index (κ2) is 4.21. The van der Waals surface area contributed by atoms with Gasteiger partial charge in [-0.25, -0.2) is 8.42 Å². The third kappa shape index (κ3) is 2.52. The summed E-state index contributed by atoms with van der Waals surface area (Å²) < 4.78 is 62.3. The number of sulfone groups is 1. The lowest BCUT2D eigenvalue weighted by atomic mass is 9.95. The zero-order valence-electron chi connectivity index (χ0n) is 10.7. The van der Waals surface area contributed by atoms with Crippen LogP contribution in [-0.4, -0.2) is 20.1 Å². The van der Waals surface area contributed by atoms with Crippen LogP contribution in [0.15, 0.2) is 23.1 Å². The lowest BCUT2D eigenvalue weighted by molar-refractivity contribution is -0.137. The summed E-state index contributed by atoms with van der Waals surface area (Å²) in [6.45, 7) is 2.85. The van der Waals surface area contributed by atoms with Gasteiger partial charge in [-0.3, -0.25) is 4.79 Å². The highest BCUT2D eigenvalue weighted by Gasteiger charge is 2.40. The van der Waals surface area contributed by atoms with Gasteiger partial charge in [-0.15, -0.1) is 0 Å². The molecule has 1 aromatic rings. The molecule has 0 fully saturated rings. The molecule has 1 aromatic carbocycles. The first-order valence-electron chi connectivity index (χ1n) is 5.69. The molecule has 2 rings (SSSR count). The van der Waals surface area contributed by atoms with Crippen molar-refractivity contribution < 1.29 is 26.4 Å². The van der Waals surface area contributed by atoms with E-state index in [1.807, 2.05) is 0 Å². The van der Waals surface area contributed by atoms with Crippen molar-refractivity contribution in [2.75, 3.05) is 11.1 Å². The number of carbonyl (C=O) groups excluding carboxylic acids is 1. The fourth-order valence-corrected chi connectivity index (χ4v) is 3.97. The van der Waals surface area contributed by atoms with Gasteiger partial charge in [0.1, 0.15) is 0 Å². The molecular weight excluding hydrogens is 295 g/mol. The Balaban J connectivity index is 2.67. The number of alkyl halides is 3. The molecule has 8 heteroatoms. The van der Waals surface area contributed by atoms with Gasteiger partial charge in [-0.05, 0) is 18.2 Å². The van der Waals surface area contributed by atoms with Crippen molar-refractivity contribution in [1.82, 2.24) is 0 Å². The fraction of sp³-hybridized carbons (Fsp3) is 0.417. The molecule has 110 valence electrons. The van der Waals surface area contributed by atoms with Crippen molar-refractivity contribution in [2.45, 2.75) is 24.9 Å². The highest BCUT2D eigenvalue weighted by molar-refractivity contribution is 7.91. The Morgan fingerprint density at radius 1 is 1.25 bits per heavy atom. The minimum Gasteiger partial charge on any atom is -0.324 e. The predicted octanol–water partition coefficient (Wildman–Crippen LogP) is 2.46. The molecular formula is C12H12F3NO3S. The number of anilines is 1. The molecule has 1 aliphatic heterocycles. The molecule has 1 heterocycles. The monoisotopic (exact) mass is 307 g/mol. The molecule has 1 amide bonds. The summed E-state index contributed by atoms with van der Waals surface area (Å²) in [5.74, 6) is -1.08. The number of halogens is 3. The van der Waals surface area contributed by atoms with Crippen molar-refractivity contribution in [3.63, 3.8) is 0 Å². The zero-order chi connectivity index (χ0) is 15.3. The summed E-state index contributed by atoms with van der Waals surface area (Å²) in [7, 11) is -3.99. The van der Waals surface area contributed by atoms with E-state index in [0.717, 1.165) is 12.1 Å². The molecule has 0 saturated heterocycles. The molecule has 4 nitrogen and oxygen atoms in total. The van der Waals surface area contributed by atoms with E-state index in [2.05, 4.69) is 5.32 Å². The van der Waals surface area contributed by atoms with Gasteiger partial charge in [0.25, 0.3) is 0 Å². The molecule has 0 spiro atoms. The number of amides is 1. The summed E-state index contributed by atoms with van der Waals surface area (Å²) in [4.78, 5) is 11.4. The van der Waals surface area contributed by atoms with Crippen LogP contribution in [0.2, 0.25) is 0 Å². The summed E-state index contributed by atoms with van der Waals surface area (Å²) in [6.07, 6.45) is -4.64. The first-order valence-corrected chi connectivity index (χ1v) is 7.34. The Kier molecular flexibility index (Phi) is 3.12. The minimum atomic E-state index is -4.64. The first-order chi connectivity index (χ1) is 8.93. The molecule has 0 aromatic heterocycles. The third-order valence-corrected chi connectivity index (χ3v) is 5.17. The van der Waals surface area contributed by atoms with Crippen molar-refractivity contribution >= 4 is 21.4 Å². The Morgan fingerprint density at radius 3 is 2.40 bits per heavy atom. The van der Waals surface area contributed by atoms with Crippen LogP contribution in [-0.2, 0) is 20.8 Å². The van der Waals surface area contributed by atoms with Gasteiger partial charge in [-0.2, -0.15) is 13.2 Å². The Labute approximate surface area is 113 Å². The normalized spacial score (nSPS) is 20.8. The number of hydrogen-bond donors (Lipinski definition) is 1. The lowest BCUT2D eigenvalue weighted by Crippen LogP contribution is -2.34. The smallest absolute Gasteiger partial charge is 0.324 e. The average molecular weight is 307 g/mol. The summed E-state index contributed by atoms with van der Waals surface area (Å²) >= 11 is 0. The van der Waals surface area contributed by atoms with Crippen molar-refractivity contribution in [1.29, 1.82) is 0 Å². The van der Waals surface area contributed by atoms with E-state index >= 15 is 0 Å². The highest BCUT2D eigenvalue weighted by atomic mass is 32.2. The predicted molar refractivity (Wildman–Crippen MR) is 65.9 cm³/mol. The molecule has 0 aliphatic carbocycles. The van der Waals surface area contributed by atoms with Crippen LogP contribution in [0, 0.1) is 5.41 Å². The maximum absolute atomic E-state index is 12.7. The van der Waals surface area contributed by atoms with E-state index in [9.17, 15) is 26.4 Å². The Hall–Kier alpha value is -1.57. The van der Waals surface area contributed by atoms with E-state index in [1.165, 1.54) is 13.8 Å². The van der Waals surface area contributed by atoms with E-state index in [0.29, 0.717) is 6.07 Å². The molecule has 0 unspecified atom stereocenters. The van der Waals surface area contributed by atoms with Gasteiger partial charge in [0.05, 0.1) is 27.3 Å². The third-order valence-electron chi connectivity index (χ3n) is 3.06. The molecule has 0 radical (unpaired) electrons. The largest absolute Gasteiger partial charge is 0.416 e. The number of rotatable bonds is 0. The molecule has 0 saturated carbocycles. The number of hydrogen-bond acceptors (Lipinski definition) is 3. The summed E-state index contributed by atoms with van der Waals surface area (Å²) in [6, 6.07) is 2.27. The SMILES string of the molecule is CC1(C)CS(=O)(=O)c2cc(C(F)(F)F)ccc2NC1=O. The fourth-order valence-electron chi connectivity index (χ4n) is 1.97. The average Bonchev–Trinajstić information content (AvgIpc) is 2.31. The zero-order valence-corrected chi connectivity index (χ0v) is 11.5. The maximum Gasteiger partial charge on any atom is 0.416 e. The van der Waals surface area contributed by atoms with Crippen molar-refractivity contribution in [2.24, 2.45) is 5.41 Å². The molecule has 1 aliphatic rings. The number of benzene rings is 1. The van der Waals surface area contributed by atoms with E-state index in [-0.39, 0.29) is 5.69 Å². The molecule has 20 heavy (non-hydrogen) atoms. The second-order valence-electron chi connectivity index (χ2n) is 5.31. The second-order valence-corrected chi connectivity index (χ2v) is 7.26. The van der Waals surface area contributed by atoms with Crippen LogP contribution >= 0.6 is 0 Å². The molecule has 1 N–H and O–H groups in total. The van der Waals surface area contributed by atoms with Gasteiger partial charge in [0.2, 0.25) is 5.91 Å². The van der Waals surface area contributed by atoms with E-state index < -0.39 is 43.5 Å². The Morgan fingerprint density at radius 2 is 1.85 bits per heavy atom. The van der Waals surface area contributed by atoms with E-state index in [1.54, 1.807) is 0 Å². The topological polar surface area (TPSA) is 63.2 Å². The van der Waals surface area contributed by atoms with E-state index in [4.69, 9.17) is 0 Å². The van der Waals surface area contributed by atoms with Gasteiger partial charge < -0.3 is 5.32 Å². The Bertz CT molecular complexity index is 678. The van der Waals surface area contributed by atoms with Crippen LogP contribution < -0.4 is 5.32 Å². The first kappa shape index (κ1) is 14.8. The molecule has 0 atom stereocenters. The minimum absolute atomic E-state index is 0.117. The lowest BCUT2D eigenvalue weighted by Gasteiger charge is -2.18. The van der Waals surface area contributed by atoms with Crippen LogP contribution in [0.3, 0.4) is 0 Å². The summed E-state index contributed by atoms with van der Waals surface area (Å²) in [5, 5.41) is 2.36. The molecule has 0 bridgehead atoms.